The Morgan fingerprint density at radius 3 is 2.30 bits per heavy atom. The van der Waals surface area contributed by atoms with Gasteiger partial charge in [-0.05, 0) is 0 Å². The van der Waals surface area contributed by atoms with Crippen molar-refractivity contribution in [2.75, 3.05) is 0 Å². The Hall–Kier alpha value is -1.07. The van der Waals surface area contributed by atoms with Crippen LogP contribution >= 0.6 is 0 Å². The van der Waals surface area contributed by atoms with Crippen molar-refractivity contribution < 1.29 is 13.2 Å². The fraction of sp³-hybridized carbons (Fsp3) is 0.500. The molecule has 1 heterocycles. The Bertz CT molecular complexity index is 192. The summed E-state index contributed by atoms with van der Waals surface area (Å²) in [4.78, 5) is 0. The van der Waals surface area contributed by atoms with Gasteiger partial charge in [0.2, 0.25) is 0 Å². The van der Waals surface area contributed by atoms with Gasteiger partial charge in [0.1, 0.15) is 5.84 Å². The Morgan fingerprint density at radius 2 is 2.10 bits per heavy atom. The molecule has 0 aromatic carbocycles. The van der Waals surface area contributed by atoms with Gasteiger partial charge in [0.05, 0.1) is 0 Å². The molecule has 10 heavy (non-hydrogen) atoms. The topological polar surface area (TPSA) is 50.7 Å². The summed E-state index contributed by atoms with van der Waals surface area (Å²) in [6, 6.07) is 0. The lowest BCUT2D eigenvalue weighted by molar-refractivity contribution is -0.137. The summed E-state index contributed by atoms with van der Waals surface area (Å²) < 4.78 is 35.3. The molecule has 0 fully saturated rings. The van der Waals surface area contributed by atoms with E-state index in [1.165, 1.54) is 0 Å². The molecule has 0 aromatic rings. The average molecular weight is 151 g/mol. The molecule has 1 aliphatic rings. The van der Waals surface area contributed by atoms with E-state index in [4.69, 9.17) is 5.73 Å². The fourth-order valence-corrected chi connectivity index (χ4v) is 0.557. The van der Waals surface area contributed by atoms with Crippen LogP contribution in [0, 0.1) is 5.92 Å². The van der Waals surface area contributed by atoms with Crippen molar-refractivity contribution in [3.63, 3.8) is 0 Å². The Morgan fingerprint density at radius 1 is 1.50 bits per heavy atom. The van der Waals surface area contributed by atoms with Crippen LogP contribution in [0.3, 0.4) is 0 Å². The molecular formula is C4H4F3N3. The van der Waals surface area contributed by atoms with Crippen LogP contribution in [0.15, 0.2) is 10.2 Å². The van der Waals surface area contributed by atoms with Crippen molar-refractivity contribution in [3.8, 4) is 0 Å². The molecule has 1 rings (SSSR count). The minimum absolute atomic E-state index is 0.493. The second-order valence-electron chi connectivity index (χ2n) is 1.81. The highest BCUT2D eigenvalue weighted by Gasteiger charge is 2.43. The number of hydrogen-bond acceptors (Lipinski definition) is 3. The van der Waals surface area contributed by atoms with Gasteiger partial charge in [-0.25, -0.2) is 0 Å². The van der Waals surface area contributed by atoms with Crippen molar-refractivity contribution in [1.29, 1.82) is 0 Å². The molecule has 2 N–H and O–H groups in total. The second kappa shape index (κ2) is 1.96. The Labute approximate surface area is 54.4 Å². The fourth-order valence-electron chi connectivity index (χ4n) is 0.557. The SMILES string of the molecule is NC1=NN=CC1C(F)(F)F. The van der Waals surface area contributed by atoms with Gasteiger partial charge in [0, 0.05) is 6.21 Å². The summed E-state index contributed by atoms with van der Waals surface area (Å²) in [5.74, 6) is -2.28. The monoisotopic (exact) mass is 151 g/mol. The Balaban J connectivity index is 2.76. The third-order valence-electron chi connectivity index (χ3n) is 1.06. The van der Waals surface area contributed by atoms with E-state index in [2.05, 4.69) is 10.2 Å². The molecule has 1 atom stereocenters. The molecule has 0 spiro atoms. The summed E-state index contributed by atoms with van der Waals surface area (Å²) in [6.07, 6.45) is -3.68. The maximum Gasteiger partial charge on any atom is 0.403 e. The van der Waals surface area contributed by atoms with Gasteiger partial charge in [-0.2, -0.15) is 18.3 Å². The predicted octanol–water partition coefficient (Wildman–Crippen LogP) is 0.522. The van der Waals surface area contributed by atoms with Crippen LogP contribution in [0.1, 0.15) is 0 Å². The van der Waals surface area contributed by atoms with Crippen LogP contribution in [0.25, 0.3) is 0 Å². The van der Waals surface area contributed by atoms with E-state index in [1.54, 1.807) is 0 Å². The van der Waals surface area contributed by atoms with Crippen LogP contribution < -0.4 is 5.73 Å². The number of hydrogen-bond donors (Lipinski definition) is 1. The predicted molar refractivity (Wildman–Crippen MR) is 29.7 cm³/mol. The molecule has 0 aliphatic carbocycles. The zero-order chi connectivity index (χ0) is 7.78. The number of nitrogens with zero attached hydrogens (tertiary/aromatic N) is 2. The van der Waals surface area contributed by atoms with Crippen LogP contribution in [0.2, 0.25) is 0 Å². The first-order chi connectivity index (χ1) is 4.52. The molecule has 1 unspecified atom stereocenters. The van der Waals surface area contributed by atoms with Crippen LogP contribution in [-0.2, 0) is 0 Å². The maximum absolute atomic E-state index is 11.8. The summed E-state index contributed by atoms with van der Waals surface area (Å²) in [6.45, 7) is 0. The van der Waals surface area contributed by atoms with Crippen molar-refractivity contribution in [2.45, 2.75) is 6.18 Å². The normalized spacial score (nSPS) is 25.1. The lowest BCUT2D eigenvalue weighted by atomic mass is 10.1. The first-order valence-electron chi connectivity index (χ1n) is 2.45. The van der Waals surface area contributed by atoms with Gasteiger partial charge in [0.25, 0.3) is 0 Å². The highest BCUT2D eigenvalue weighted by atomic mass is 19.4. The molecular weight excluding hydrogens is 147 g/mol. The first-order valence-corrected chi connectivity index (χ1v) is 2.45. The number of amidine groups is 1. The van der Waals surface area contributed by atoms with Crippen molar-refractivity contribution in [3.05, 3.63) is 0 Å². The third-order valence-corrected chi connectivity index (χ3v) is 1.06. The molecule has 0 amide bonds. The van der Waals surface area contributed by atoms with E-state index in [0.29, 0.717) is 6.21 Å². The zero-order valence-corrected chi connectivity index (χ0v) is 4.76. The highest BCUT2D eigenvalue weighted by Crippen LogP contribution is 2.26. The minimum Gasteiger partial charge on any atom is -0.385 e. The summed E-state index contributed by atoms with van der Waals surface area (Å²) in [5, 5.41) is 6.06. The number of halogens is 3. The molecule has 0 bridgehead atoms. The van der Waals surface area contributed by atoms with Gasteiger partial charge in [-0.1, -0.05) is 0 Å². The van der Waals surface area contributed by atoms with Crippen LogP contribution in [0.5, 0.6) is 0 Å². The van der Waals surface area contributed by atoms with E-state index in [0.717, 1.165) is 0 Å². The smallest absolute Gasteiger partial charge is 0.385 e. The molecule has 3 nitrogen and oxygen atoms in total. The largest absolute Gasteiger partial charge is 0.403 e. The van der Waals surface area contributed by atoms with Crippen molar-refractivity contribution in [1.82, 2.24) is 0 Å². The third kappa shape index (κ3) is 1.09. The number of nitrogens with two attached hydrogens (primary N) is 1. The van der Waals surface area contributed by atoms with Crippen LogP contribution in [0.4, 0.5) is 13.2 Å². The number of rotatable bonds is 0. The van der Waals surface area contributed by atoms with E-state index < -0.39 is 17.9 Å². The zero-order valence-electron chi connectivity index (χ0n) is 4.76. The highest BCUT2D eigenvalue weighted by molar-refractivity contribution is 5.99. The molecule has 0 radical (unpaired) electrons. The van der Waals surface area contributed by atoms with Crippen molar-refractivity contribution >= 4 is 12.1 Å². The summed E-state index contributed by atoms with van der Waals surface area (Å²) in [5.41, 5.74) is 4.87. The Kier molecular flexibility index (Phi) is 1.38. The molecule has 0 aromatic heterocycles. The van der Waals surface area contributed by atoms with Gasteiger partial charge in [0.15, 0.2) is 5.92 Å². The number of alkyl halides is 3. The molecule has 56 valence electrons. The standard InChI is InChI=1S/C4H4F3N3/c5-4(6,7)2-1-9-10-3(2)8/h1-2H,(H2,8,10). The van der Waals surface area contributed by atoms with Crippen molar-refractivity contribution in [2.24, 2.45) is 21.9 Å². The quantitative estimate of drug-likeness (QED) is 0.539. The first kappa shape index (κ1) is 7.04. The van der Waals surface area contributed by atoms with Crippen LogP contribution in [-0.4, -0.2) is 18.2 Å². The lowest BCUT2D eigenvalue weighted by Gasteiger charge is -2.10. The van der Waals surface area contributed by atoms with E-state index in [9.17, 15) is 13.2 Å². The second-order valence-corrected chi connectivity index (χ2v) is 1.81. The molecule has 0 saturated carbocycles. The van der Waals surface area contributed by atoms with E-state index in [1.807, 2.05) is 0 Å². The summed E-state index contributed by atoms with van der Waals surface area (Å²) in [7, 11) is 0. The van der Waals surface area contributed by atoms with Gasteiger partial charge in [-0.3, -0.25) is 0 Å². The molecule has 0 saturated heterocycles. The maximum atomic E-state index is 11.8. The van der Waals surface area contributed by atoms with E-state index >= 15 is 0 Å². The van der Waals surface area contributed by atoms with Gasteiger partial charge in [-0.15, -0.1) is 5.10 Å². The average Bonchev–Trinajstić information content (AvgIpc) is 2.11. The van der Waals surface area contributed by atoms with Gasteiger partial charge < -0.3 is 5.73 Å². The summed E-state index contributed by atoms with van der Waals surface area (Å²) >= 11 is 0. The van der Waals surface area contributed by atoms with E-state index in [-0.39, 0.29) is 0 Å². The van der Waals surface area contributed by atoms with Gasteiger partial charge >= 0.3 is 6.18 Å². The minimum atomic E-state index is -4.35. The molecule has 6 heteroatoms. The molecule has 1 aliphatic heterocycles. The lowest BCUT2D eigenvalue weighted by Crippen LogP contribution is -2.34.